The van der Waals surface area contributed by atoms with Crippen LogP contribution in [0.25, 0.3) is 0 Å². The number of halogens is 3. The van der Waals surface area contributed by atoms with Gasteiger partial charge in [0.1, 0.15) is 72.0 Å². The van der Waals surface area contributed by atoms with Crippen molar-refractivity contribution >= 4 is 41.1 Å². The number of aliphatic hydroxyl groups is 3. The van der Waals surface area contributed by atoms with Crippen LogP contribution in [0.15, 0.2) is 157 Å². The molecule has 3 aromatic carbocycles. The molecule has 9 N–H and O–H groups in total. The molecule has 3 fully saturated rings. The Morgan fingerprint density at radius 3 is 0.852 bits per heavy atom. The van der Waals surface area contributed by atoms with Gasteiger partial charge < -0.3 is 57.3 Å². The second-order valence-electron chi connectivity index (χ2n) is 26.0. The molecule has 36 nitrogen and oxygen atoms in total. The summed E-state index contributed by atoms with van der Waals surface area (Å²) in [4.78, 5) is 113. The summed E-state index contributed by atoms with van der Waals surface area (Å²) >= 11 is 0. The molecule has 108 heavy (non-hydrogen) atoms. The van der Waals surface area contributed by atoms with Gasteiger partial charge in [-0.25, -0.2) is 41.3 Å². The molecule has 18 atom stereocenters. The number of hydrogen-bond donors (Lipinski definition) is 9. The van der Waals surface area contributed by atoms with Crippen molar-refractivity contribution in [3.8, 4) is 17.2 Å². The number of alkyl halides is 3. The summed E-state index contributed by atoms with van der Waals surface area (Å²) in [6.07, 6.45) is -12.6. The number of nitrogens with one attached hydrogen (secondary N) is 6. The third kappa shape index (κ3) is 23.0. The van der Waals surface area contributed by atoms with E-state index in [-0.39, 0.29) is 17.2 Å². The number of benzene rings is 3. The molecule has 3 aliphatic heterocycles. The highest BCUT2D eigenvalue weighted by atomic mass is 31.2. The summed E-state index contributed by atoms with van der Waals surface area (Å²) in [5.74, 6) is -1.68. The number of H-pyrrole nitrogens is 3. The number of nitrogens with zero attached hydrogens (tertiary/aromatic N) is 3. The number of rotatable bonds is 30. The molecular weight excluding hydrogens is 1500 g/mol. The standard InChI is InChI=1S/3C22H29FN3O9P/c3*1-13(2)33-19(29)14(3)25-36(31,35-15-8-6-5-7-9-15)32-12-16-18(28)22(4,23)20(34-16)26-11-10-17(27)24-21(26)30/h3*5-11,13-14,16,18,20,28H,12H2,1-4H3,(H,25,31)(H,24,27,30)/t3*14-,16+,18+,20+,22+,36+/m000/s1. The lowest BCUT2D eigenvalue weighted by Gasteiger charge is -2.25. The summed E-state index contributed by atoms with van der Waals surface area (Å²) in [5.41, 5.74) is -12.3. The summed E-state index contributed by atoms with van der Waals surface area (Å²) < 4.78 is 154. The smallest absolute Gasteiger partial charge is 0.459 e. The second kappa shape index (κ2) is 36.8. The van der Waals surface area contributed by atoms with Gasteiger partial charge in [-0.1, -0.05) is 54.6 Å². The van der Waals surface area contributed by atoms with Gasteiger partial charge in [0, 0.05) is 36.8 Å². The zero-order chi connectivity index (χ0) is 80.0. The van der Waals surface area contributed by atoms with Gasteiger partial charge in [-0.05, 0) is 119 Å². The van der Waals surface area contributed by atoms with E-state index in [1.165, 1.54) is 57.2 Å². The minimum atomic E-state index is -4.30. The van der Waals surface area contributed by atoms with Crippen LogP contribution in [0.4, 0.5) is 13.2 Å². The molecule has 6 aromatic rings. The van der Waals surface area contributed by atoms with Crippen LogP contribution in [0.5, 0.6) is 17.2 Å². The Balaban J connectivity index is 0.000000226. The van der Waals surface area contributed by atoms with Crippen LogP contribution in [0, 0.1) is 0 Å². The minimum Gasteiger partial charge on any atom is -0.462 e. The number of carbonyl (C=O) groups is 3. The number of hydrogen-bond acceptors (Lipinski definition) is 27. The van der Waals surface area contributed by atoms with Crippen LogP contribution in [-0.2, 0) is 70.1 Å². The average Bonchev–Trinajstić information content (AvgIpc) is 1.63. The highest BCUT2D eigenvalue weighted by molar-refractivity contribution is 7.52. The first-order valence-electron chi connectivity index (χ1n) is 33.4. The number of esters is 3. The molecule has 0 unspecified atom stereocenters. The van der Waals surface area contributed by atoms with Crippen LogP contribution in [0.3, 0.4) is 0 Å². The minimum absolute atomic E-state index is 0.152. The molecule has 0 radical (unpaired) electrons. The van der Waals surface area contributed by atoms with E-state index in [9.17, 15) is 72.2 Å². The Labute approximate surface area is 614 Å². The van der Waals surface area contributed by atoms with E-state index in [0.29, 0.717) is 0 Å². The van der Waals surface area contributed by atoms with Gasteiger partial charge in [-0.2, -0.15) is 15.3 Å². The molecule has 0 bridgehead atoms. The van der Waals surface area contributed by atoms with Gasteiger partial charge in [-0.3, -0.25) is 71.0 Å². The first-order valence-corrected chi connectivity index (χ1v) is 38.0. The van der Waals surface area contributed by atoms with Crippen molar-refractivity contribution in [2.24, 2.45) is 0 Å². The fourth-order valence-corrected chi connectivity index (χ4v) is 14.9. The zero-order valence-electron chi connectivity index (χ0n) is 60.4. The lowest BCUT2D eigenvalue weighted by molar-refractivity contribution is -0.150. The maximum Gasteiger partial charge on any atom is 0.459 e. The summed E-state index contributed by atoms with van der Waals surface area (Å²) in [6.45, 7) is 15.2. The van der Waals surface area contributed by atoms with Crippen LogP contribution in [0.2, 0.25) is 0 Å². The van der Waals surface area contributed by atoms with E-state index in [4.69, 9.17) is 55.6 Å². The highest BCUT2D eigenvalue weighted by Crippen LogP contribution is 2.51. The van der Waals surface area contributed by atoms with Gasteiger partial charge in [0.15, 0.2) is 35.7 Å². The highest BCUT2D eigenvalue weighted by Gasteiger charge is 2.59. The Bertz CT molecular complexity index is 4100. The molecule has 3 aromatic heterocycles. The Morgan fingerprint density at radius 2 is 0.648 bits per heavy atom. The zero-order valence-corrected chi connectivity index (χ0v) is 63.0. The third-order valence-electron chi connectivity index (χ3n) is 15.8. The first-order chi connectivity index (χ1) is 50.5. The van der Waals surface area contributed by atoms with E-state index < -0.39 is 203 Å². The SMILES string of the molecule is CC(C)OC(=O)[C@H](C)N[P@@](=O)(OC[C@H]1O[C@@H](n2ccc(=O)[nH]c2=O)[C@](C)(F)[C@@H]1O)Oc1ccccc1.CC(C)OC(=O)[C@H](C)N[P@@](=O)(OC[C@H]1O[C@@H](n2ccc(=O)[nH]c2=O)[C@](C)(F)[C@@H]1O)Oc1ccccc1.CC(C)OC(=O)[C@H](C)N[P@@](=O)(OC[C@H]1O[C@@H](n2ccc(=O)[nH]c2=O)[C@](C)(F)[C@@H]1O)Oc1ccccc1. The quantitative estimate of drug-likeness (QED) is 0.0163. The molecule has 6 heterocycles. The molecule has 594 valence electrons. The molecule has 42 heteroatoms. The monoisotopic (exact) mass is 1590 g/mol. The summed E-state index contributed by atoms with van der Waals surface area (Å²) in [7, 11) is -12.9. The van der Waals surface area contributed by atoms with Crippen molar-refractivity contribution in [2.75, 3.05) is 19.8 Å². The van der Waals surface area contributed by atoms with Gasteiger partial charge in [-0.15, -0.1) is 0 Å². The van der Waals surface area contributed by atoms with E-state index >= 15 is 13.2 Å². The van der Waals surface area contributed by atoms with Crippen LogP contribution < -0.4 is 62.6 Å². The van der Waals surface area contributed by atoms with Crippen molar-refractivity contribution in [1.29, 1.82) is 0 Å². The van der Waals surface area contributed by atoms with Crippen molar-refractivity contribution < 1.29 is 112 Å². The number of aliphatic hydroxyl groups excluding tert-OH is 3. The molecule has 0 spiro atoms. The van der Waals surface area contributed by atoms with Crippen LogP contribution in [0.1, 0.15) is 102 Å². The van der Waals surface area contributed by atoms with Crippen molar-refractivity contribution in [1.82, 2.24) is 43.9 Å². The molecular formula is C66H87F3N9O27P3. The van der Waals surface area contributed by atoms with E-state index in [0.717, 1.165) is 71.3 Å². The number of aromatic nitrogens is 6. The predicted octanol–water partition coefficient (Wildman–Crippen LogP) is 4.97. The molecule has 3 aliphatic rings. The fourth-order valence-electron chi connectivity index (χ4n) is 10.4. The molecule has 0 aliphatic carbocycles. The third-order valence-corrected chi connectivity index (χ3v) is 20.7. The average molecular weight is 1590 g/mol. The maximum atomic E-state index is 15.4. The molecule has 0 saturated carbocycles. The Morgan fingerprint density at radius 1 is 0.426 bits per heavy atom. The van der Waals surface area contributed by atoms with Crippen molar-refractivity contribution in [2.45, 2.75) is 192 Å². The summed E-state index contributed by atoms with van der Waals surface area (Å²) in [6, 6.07) is 23.6. The molecule has 0 amide bonds. The van der Waals surface area contributed by atoms with Crippen molar-refractivity contribution in [3.05, 3.63) is 190 Å². The number of ether oxygens (including phenoxy) is 6. The van der Waals surface area contributed by atoms with Crippen LogP contribution in [-0.4, -0.2) is 172 Å². The van der Waals surface area contributed by atoms with E-state index in [1.807, 2.05) is 15.0 Å². The van der Waals surface area contributed by atoms with Gasteiger partial charge in [0.25, 0.3) is 16.7 Å². The first kappa shape index (κ1) is 86.7. The van der Waals surface area contributed by atoms with Gasteiger partial charge >= 0.3 is 58.2 Å². The Hall–Kier alpha value is -8.49. The summed E-state index contributed by atoms with van der Waals surface area (Å²) in [5, 5.41) is 39.1. The Kier molecular flexibility index (Phi) is 29.6. The molecule has 3 saturated heterocycles. The second-order valence-corrected chi connectivity index (χ2v) is 31.1. The van der Waals surface area contributed by atoms with Gasteiger partial charge in [0.2, 0.25) is 0 Å². The van der Waals surface area contributed by atoms with Crippen molar-refractivity contribution in [3.63, 3.8) is 0 Å². The van der Waals surface area contributed by atoms with E-state index in [1.54, 1.807) is 96.1 Å². The number of carbonyl (C=O) groups excluding carboxylic acids is 3. The number of para-hydroxylation sites is 3. The lowest BCUT2D eigenvalue weighted by Crippen LogP contribution is -2.43. The van der Waals surface area contributed by atoms with E-state index in [2.05, 4.69) is 15.3 Å². The van der Waals surface area contributed by atoms with Gasteiger partial charge in [0.05, 0.1) is 38.1 Å². The maximum absolute atomic E-state index is 15.4. The number of aromatic amines is 3. The fraction of sp³-hybridized carbons (Fsp3) is 0.500. The van der Waals surface area contributed by atoms with Crippen LogP contribution >= 0.6 is 23.2 Å². The molecule has 9 rings (SSSR count). The normalized spacial score (nSPS) is 26.4. The predicted molar refractivity (Wildman–Crippen MR) is 376 cm³/mol. The topological polar surface area (TPSA) is 475 Å². The largest absolute Gasteiger partial charge is 0.462 e. The lowest BCUT2D eigenvalue weighted by atomic mass is 9.98.